The largest absolute Gasteiger partial charge is 0.399 e. The van der Waals surface area contributed by atoms with Crippen molar-refractivity contribution >= 4 is 15.7 Å². The molecule has 114 valence electrons. The van der Waals surface area contributed by atoms with Gasteiger partial charge in [-0.1, -0.05) is 0 Å². The van der Waals surface area contributed by atoms with E-state index < -0.39 is 20.7 Å². The van der Waals surface area contributed by atoms with Crippen molar-refractivity contribution in [2.75, 3.05) is 25.9 Å². The highest BCUT2D eigenvalue weighted by Gasteiger charge is 2.18. The summed E-state index contributed by atoms with van der Waals surface area (Å²) >= 11 is 0. The van der Waals surface area contributed by atoms with E-state index in [9.17, 15) is 12.8 Å². The van der Waals surface area contributed by atoms with E-state index in [0.717, 1.165) is 18.7 Å². The van der Waals surface area contributed by atoms with Crippen molar-refractivity contribution in [1.82, 2.24) is 9.62 Å². The summed E-state index contributed by atoms with van der Waals surface area (Å²) in [6, 6.07) is 3.90. The van der Waals surface area contributed by atoms with Gasteiger partial charge < -0.3 is 10.6 Å². The number of sulfonamides is 1. The first kappa shape index (κ1) is 16.9. The van der Waals surface area contributed by atoms with E-state index >= 15 is 0 Å². The zero-order valence-corrected chi connectivity index (χ0v) is 12.9. The first-order chi connectivity index (χ1) is 9.24. The smallest absolute Gasteiger partial charge is 0.243 e. The van der Waals surface area contributed by atoms with Crippen molar-refractivity contribution in [2.24, 2.45) is 0 Å². The quantitative estimate of drug-likeness (QED) is 0.590. The van der Waals surface area contributed by atoms with Crippen LogP contribution in [0, 0.1) is 5.82 Å². The van der Waals surface area contributed by atoms with Gasteiger partial charge >= 0.3 is 0 Å². The zero-order valence-electron chi connectivity index (χ0n) is 12.1. The van der Waals surface area contributed by atoms with E-state index in [-0.39, 0.29) is 12.2 Å². The summed E-state index contributed by atoms with van der Waals surface area (Å²) in [7, 11) is -1.89. The second kappa shape index (κ2) is 7.01. The molecule has 0 spiro atoms. The van der Waals surface area contributed by atoms with Crippen LogP contribution in [0.2, 0.25) is 0 Å². The minimum absolute atomic E-state index is 0.214. The Hall–Kier alpha value is -1.18. The molecule has 1 aromatic rings. The lowest BCUT2D eigenvalue weighted by Gasteiger charge is -2.20. The number of nitrogens with one attached hydrogen (secondary N) is 1. The fraction of sp³-hybridized carbons (Fsp3) is 0.538. The first-order valence-corrected chi connectivity index (χ1v) is 7.97. The van der Waals surface area contributed by atoms with E-state index in [1.807, 2.05) is 7.05 Å². The van der Waals surface area contributed by atoms with Gasteiger partial charge in [-0.2, -0.15) is 0 Å². The second-order valence-electron chi connectivity index (χ2n) is 5.02. The molecule has 1 aromatic carbocycles. The highest BCUT2D eigenvalue weighted by atomic mass is 32.2. The third-order valence-electron chi connectivity index (χ3n) is 3.11. The Morgan fingerprint density at radius 2 is 2.05 bits per heavy atom. The van der Waals surface area contributed by atoms with E-state index in [2.05, 4.69) is 23.5 Å². The van der Waals surface area contributed by atoms with Crippen LogP contribution in [0.5, 0.6) is 0 Å². The molecule has 0 aliphatic rings. The van der Waals surface area contributed by atoms with Gasteiger partial charge in [-0.15, -0.1) is 0 Å². The minimum atomic E-state index is -3.86. The molecule has 3 N–H and O–H groups in total. The third kappa shape index (κ3) is 4.73. The molecule has 0 radical (unpaired) electrons. The van der Waals surface area contributed by atoms with Crippen molar-refractivity contribution in [3.63, 3.8) is 0 Å². The molecule has 0 saturated carbocycles. The lowest BCUT2D eigenvalue weighted by molar-refractivity contribution is 0.271. The number of nitrogen functional groups attached to an aromatic ring is 1. The van der Waals surface area contributed by atoms with Gasteiger partial charge in [0.15, 0.2) is 0 Å². The molecule has 0 amide bonds. The van der Waals surface area contributed by atoms with Crippen molar-refractivity contribution in [3.05, 3.63) is 24.0 Å². The summed E-state index contributed by atoms with van der Waals surface area (Å²) < 4.78 is 39.8. The fourth-order valence-electron chi connectivity index (χ4n) is 1.60. The number of benzene rings is 1. The molecule has 0 aliphatic carbocycles. The summed E-state index contributed by atoms with van der Waals surface area (Å²) in [5, 5.41) is 0. The monoisotopic (exact) mass is 303 g/mol. The molecule has 0 heterocycles. The van der Waals surface area contributed by atoms with Gasteiger partial charge in [-0.05, 0) is 52.1 Å². The highest BCUT2D eigenvalue weighted by Crippen LogP contribution is 2.17. The molecule has 20 heavy (non-hydrogen) atoms. The maximum Gasteiger partial charge on any atom is 0.243 e. The molecule has 0 unspecified atom stereocenters. The number of hydrogen-bond donors (Lipinski definition) is 2. The molecule has 0 aliphatic heterocycles. The summed E-state index contributed by atoms with van der Waals surface area (Å²) in [5.41, 5.74) is 5.70. The maximum absolute atomic E-state index is 13.5. The number of halogens is 1. The van der Waals surface area contributed by atoms with Crippen LogP contribution >= 0.6 is 0 Å². The van der Waals surface area contributed by atoms with Crippen LogP contribution in [-0.4, -0.2) is 39.5 Å². The van der Waals surface area contributed by atoms with E-state index in [4.69, 9.17) is 5.73 Å². The van der Waals surface area contributed by atoms with Crippen LogP contribution in [0.15, 0.2) is 23.1 Å². The molecule has 0 bridgehead atoms. The van der Waals surface area contributed by atoms with Crippen molar-refractivity contribution in [3.8, 4) is 0 Å². The van der Waals surface area contributed by atoms with E-state index in [1.165, 1.54) is 6.07 Å². The fourth-order valence-corrected chi connectivity index (χ4v) is 2.78. The molecule has 0 fully saturated rings. The Morgan fingerprint density at radius 3 is 2.65 bits per heavy atom. The van der Waals surface area contributed by atoms with E-state index in [0.29, 0.717) is 12.5 Å². The van der Waals surface area contributed by atoms with Gasteiger partial charge in [-0.25, -0.2) is 17.5 Å². The second-order valence-corrected chi connectivity index (χ2v) is 6.75. The van der Waals surface area contributed by atoms with Crippen LogP contribution < -0.4 is 10.5 Å². The van der Waals surface area contributed by atoms with Gasteiger partial charge in [0.25, 0.3) is 0 Å². The summed E-state index contributed by atoms with van der Waals surface area (Å²) in [5.74, 6) is -0.800. The average molecular weight is 303 g/mol. The van der Waals surface area contributed by atoms with Crippen LogP contribution in [-0.2, 0) is 10.0 Å². The van der Waals surface area contributed by atoms with Gasteiger partial charge in [0.05, 0.1) is 0 Å². The lowest BCUT2D eigenvalue weighted by atomic mass is 10.3. The predicted octanol–water partition coefficient (Wildman–Crippen LogP) is 1.42. The van der Waals surface area contributed by atoms with Gasteiger partial charge in [0.2, 0.25) is 10.0 Å². The number of nitrogens with two attached hydrogens (primary N) is 1. The van der Waals surface area contributed by atoms with Crippen molar-refractivity contribution in [2.45, 2.75) is 31.2 Å². The molecule has 0 atom stereocenters. The molecular formula is C13H22FN3O2S. The third-order valence-corrected chi connectivity index (χ3v) is 4.58. The number of nitrogens with zero attached hydrogens (tertiary/aromatic N) is 1. The van der Waals surface area contributed by atoms with Crippen molar-refractivity contribution < 1.29 is 12.8 Å². The maximum atomic E-state index is 13.5. The average Bonchev–Trinajstić information content (AvgIpc) is 2.37. The molecule has 7 heteroatoms. The van der Waals surface area contributed by atoms with E-state index in [1.54, 1.807) is 0 Å². The number of rotatable bonds is 7. The highest BCUT2D eigenvalue weighted by molar-refractivity contribution is 7.89. The molecule has 0 aromatic heterocycles. The van der Waals surface area contributed by atoms with Crippen molar-refractivity contribution in [1.29, 1.82) is 0 Å². The van der Waals surface area contributed by atoms with Crippen LogP contribution in [0.4, 0.5) is 10.1 Å². The van der Waals surface area contributed by atoms with Crippen LogP contribution in [0.3, 0.4) is 0 Å². The standard InChI is InChI=1S/C13H22FN3O2S/c1-10(2)17(3)8-4-7-16-20(18,19)13-9-11(15)5-6-12(13)14/h5-6,9-10,16H,4,7-8,15H2,1-3H3. The summed E-state index contributed by atoms with van der Waals surface area (Å²) in [6.45, 7) is 5.14. The van der Waals surface area contributed by atoms with Crippen LogP contribution in [0.1, 0.15) is 20.3 Å². The summed E-state index contributed by atoms with van der Waals surface area (Å²) in [6.07, 6.45) is 0.651. The Morgan fingerprint density at radius 1 is 1.40 bits per heavy atom. The topological polar surface area (TPSA) is 75.4 Å². The molecule has 1 rings (SSSR count). The SMILES string of the molecule is CC(C)N(C)CCCNS(=O)(=O)c1cc(N)ccc1F. The Balaban J connectivity index is 2.60. The number of anilines is 1. The van der Waals surface area contributed by atoms with Gasteiger partial charge in [0, 0.05) is 18.3 Å². The Kier molecular flexibility index (Phi) is 5.91. The minimum Gasteiger partial charge on any atom is -0.399 e. The lowest BCUT2D eigenvalue weighted by Crippen LogP contribution is -2.31. The summed E-state index contributed by atoms with van der Waals surface area (Å²) in [4.78, 5) is 1.70. The Labute approximate surface area is 120 Å². The molecule has 5 nitrogen and oxygen atoms in total. The van der Waals surface area contributed by atoms with Gasteiger partial charge in [0.1, 0.15) is 10.7 Å². The zero-order chi connectivity index (χ0) is 15.3. The molecular weight excluding hydrogens is 281 g/mol. The first-order valence-electron chi connectivity index (χ1n) is 6.49. The Bertz CT molecular complexity index is 547. The number of hydrogen-bond acceptors (Lipinski definition) is 4. The van der Waals surface area contributed by atoms with Gasteiger partial charge in [-0.3, -0.25) is 0 Å². The predicted molar refractivity (Wildman–Crippen MR) is 78.4 cm³/mol. The normalized spacial score (nSPS) is 12.3. The molecule has 0 saturated heterocycles. The van der Waals surface area contributed by atoms with Crippen LogP contribution in [0.25, 0.3) is 0 Å².